The Morgan fingerprint density at radius 2 is 0.576 bits per heavy atom. The molecule has 0 saturated carbocycles. The van der Waals surface area contributed by atoms with Gasteiger partial charge in [-0.1, -0.05) is 194 Å². The van der Waals surface area contributed by atoms with E-state index < -0.39 is 0 Å². The summed E-state index contributed by atoms with van der Waals surface area (Å²) >= 11 is 0. The van der Waals surface area contributed by atoms with E-state index >= 15 is 0 Å². The van der Waals surface area contributed by atoms with Gasteiger partial charge in [-0.2, -0.15) is 0 Å². The second-order valence-corrected chi connectivity index (χ2v) is 16.9. The van der Waals surface area contributed by atoms with Gasteiger partial charge in [0.25, 0.3) is 0 Å². The van der Waals surface area contributed by atoms with Gasteiger partial charge < -0.3 is 9.32 Å². The topological polar surface area (TPSA) is 16.4 Å². The van der Waals surface area contributed by atoms with Crippen LogP contribution in [0.2, 0.25) is 0 Å². The molecule has 0 aliphatic heterocycles. The van der Waals surface area contributed by atoms with Crippen LogP contribution in [0.5, 0.6) is 0 Å². The largest absolute Gasteiger partial charge is 0.456 e. The highest BCUT2D eigenvalue weighted by Crippen LogP contribution is 2.39. The number of anilines is 3. The molecule has 2 nitrogen and oxygen atoms in total. The van der Waals surface area contributed by atoms with Crippen LogP contribution in [0.4, 0.5) is 17.1 Å². The van der Waals surface area contributed by atoms with Crippen molar-refractivity contribution < 1.29 is 4.42 Å². The molecule has 12 aromatic rings. The van der Waals surface area contributed by atoms with E-state index in [9.17, 15) is 0 Å². The molecule has 11 aromatic carbocycles. The van der Waals surface area contributed by atoms with Gasteiger partial charge in [0.15, 0.2) is 0 Å². The Morgan fingerprint density at radius 1 is 0.212 bits per heavy atom. The van der Waals surface area contributed by atoms with Crippen LogP contribution in [0.1, 0.15) is 0 Å². The predicted molar refractivity (Wildman–Crippen MR) is 279 cm³/mol. The Labute approximate surface area is 384 Å². The zero-order chi connectivity index (χ0) is 43.8. The van der Waals surface area contributed by atoms with Crippen molar-refractivity contribution in [2.24, 2.45) is 0 Å². The van der Waals surface area contributed by atoms with Crippen LogP contribution in [-0.4, -0.2) is 0 Å². The molecule has 0 N–H and O–H groups in total. The van der Waals surface area contributed by atoms with E-state index in [0.717, 1.165) is 50.1 Å². The molecule has 0 aliphatic carbocycles. The SMILES string of the molecule is c1ccc(-c2ccc(-c3ccc(N(c4ccc(-c5ccc(-c6cccc(-c7ccc8ccccc8c7)c6)cc5)cc4)c4ccc(-c5ccc6oc7ccccc7c6c5)cc4)cc3)cc2)cc1. The smallest absolute Gasteiger partial charge is 0.135 e. The molecule has 1 aromatic heterocycles. The van der Waals surface area contributed by atoms with Crippen LogP contribution in [-0.2, 0) is 0 Å². The molecule has 0 spiro atoms. The molecule has 0 unspecified atom stereocenters. The summed E-state index contributed by atoms with van der Waals surface area (Å²) in [6, 6.07) is 93.9. The van der Waals surface area contributed by atoms with Crippen molar-refractivity contribution in [3.8, 4) is 66.8 Å². The number of rotatable bonds is 9. The van der Waals surface area contributed by atoms with Gasteiger partial charge in [0, 0.05) is 27.8 Å². The van der Waals surface area contributed by atoms with Crippen molar-refractivity contribution in [3.63, 3.8) is 0 Å². The maximum absolute atomic E-state index is 6.13. The maximum atomic E-state index is 6.13. The molecule has 0 fully saturated rings. The molecule has 0 aliphatic rings. The first kappa shape index (κ1) is 38.9. The number of para-hydroxylation sites is 1. The minimum Gasteiger partial charge on any atom is -0.456 e. The highest BCUT2D eigenvalue weighted by molar-refractivity contribution is 6.06. The highest BCUT2D eigenvalue weighted by atomic mass is 16.3. The monoisotopic (exact) mass is 841 g/mol. The van der Waals surface area contributed by atoms with Gasteiger partial charge in [-0.3, -0.25) is 0 Å². The molecular formula is C64H43NO. The summed E-state index contributed by atoms with van der Waals surface area (Å²) in [6.45, 7) is 0. The maximum Gasteiger partial charge on any atom is 0.135 e. The Balaban J connectivity index is 0.843. The summed E-state index contributed by atoms with van der Waals surface area (Å²) in [4.78, 5) is 2.34. The van der Waals surface area contributed by atoms with Crippen molar-refractivity contribution in [2.75, 3.05) is 4.90 Å². The van der Waals surface area contributed by atoms with Crippen LogP contribution in [0.25, 0.3) is 99.5 Å². The zero-order valence-electron chi connectivity index (χ0n) is 36.2. The van der Waals surface area contributed by atoms with Crippen LogP contribution >= 0.6 is 0 Å². The molecule has 0 radical (unpaired) electrons. The number of hydrogen-bond donors (Lipinski definition) is 0. The van der Waals surface area contributed by atoms with Crippen molar-refractivity contribution >= 4 is 49.8 Å². The van der Waals surface area contributed by atoms with E-state index in [0.29, 0.717) is 0 Å². The third kappa shape index (κ3) is 7.51. The molecule has 0 atom stereocenters. The lowest BCUT2D eigenvalue weighted by Gasteiger charge is -2.26. The van der Waals surface area contributed by atoms with Crippen molar-refractivity contribution in [2.45, 2.75) is 0 Å². The molecule has 12 rings (SSSR count). The fraction of sp³-hybridized carbons (Fsp3) is 0. The first-order valence-electron chi connectivity index (χ1n) is 22.5. The quantitative estimate of drug-likeness (QED) is 0.144. The van der Waals surface area contributed by atoms with Gasteiger partial charge in [-0.15, -0.1) is 0 Å². The highest BCUT2D eigenvalue weighted by Gasteiger charge is 2.15. The molecule has 2 heteroatoms. The summed E-state index contributed by atoms with van der Waals surface area (Å²) in [5.74, 6) is 0. The third-order valence-corrected chi connectivity index (χ3v) is 12.9. The minimum atomic E-state index is 0.903. The van der Waals surface area contributed by atoms with E-state index in [1.54, 1.807) is 0 Å². The Hall–Kier alpha value is -8.72. The third-order valence-electron chi connectivity index (χ3n) is 12.9. The summed E-state index contributed by atoms with van der Waals surface area (Å²) in [5.41, 5.74) is 19.4. The number of fused-ring (bicyclic) bond motifs is 4. The summed E-state index contributed by atoms with van der Waals surface area (Å²) in [7, 11) is 0. The fourth-order valence-corrected chi connectivity index (χ4v) is 9.35. The lowest BCUT2D eigenvalue weighted by atomic mass is 9.96. The molecule has 66 heavy (non-hydrogen) atoms. The van der Waals surface area contributed by atoms with Crippen LogP contribution in [0.3, 0.4) is 0 Å². The van der Waals surface area contributed by atoms with Crippen molar-refractivity contribution in [1.82, 2.24) is 0 Å². The zero-order valence-corrected chi connectivity index (χ0v) is 36.2. The van der Waals surface area contributed by atoms with Gasteiger partial charge in [0.2, 0.25) is 0 Å². The average Bonchev–Trinajstić information content (AvgIpc) is 3.78. The Kier molecular flexibility index (Phi) is 9.89. The minimum absolute atomic E-state index is 0.903. The Morgan fingerprint density at radius 3 is 1.15 bits per heavy atom. The molecule has 0 amide bonds. The van der Waals surface area contributed by atoms with Crippen LogP contribution in [0, 0.1) is 0 Å². The number of hydrogen-bond acceptors (Lipinski definition) is 2. The lowest BCUT2D eigenvalue weighted by molar-refractivity contribution is 0.669. The van der Waals surface area contributed by atoms with Crippen molar-refractivity contribution in [3.05, 3.63) is 261 Å². The number of benzene rings is 11. The Bertz CT molecular complexity index is 3640. The van der Waals surface area contributed by atoms with E-state index in [4.69, 9.17) is 4.42 Å². The second kappa shape index (κ2) is 16.8. The fourth-order valence-electron chi connectivity index (χ4n) is 9.35. The first-order valence-corrected chi connectivity index (χ1v) is 22.5. The lowest BCUT2D eigenvalue weighted by Crippen LogP contribution is -2.09. The summed E-state index contributed by atoms with van der Waals surface area (Å²) in [5, 5.41) is 4.77. The van der Waals surface area contributed by atoms with E-state index in [1.807, 2.05) is 12.1 Å². The standard InChI is InChI=1S/C64H43NO/c1-2-9-44(10-3-1)46-17-19-47(20-18-46)49-27-34-58(35-28-49)65(60-38-31-52(32-39-60)57-33-40-64-62(43-57)61-15-6-7-16-63(61)66-64)59-36-29-50(30-37-59)48-21-23-51(24-22-48)54-13-8-14-55(41-54)56-26-25-45-11-4-5-12-53(45)42-56/h1-43H. The normalized spacial score (nSPS) is 11.3. The number of furan rings is 1. The van der Waals surface area contributed by atoms with E-state index in [-0.39, 0.29) is 0 Å². The first-order chi connectivity index (χ1) is 32.7. The molecule has 0 bridgehead atoms. The van der Waals surface area contributed by atoms with Crippen LogP contribution < -0.4 is 4.90 Å². The summed E-state index contributed by atoms with van der Waals surface area (Å²) in [6.07, 6.45) is 0. The van der Waals surface area contributed by atoms with E-state index in [1.165, 1.54) is 66.4 Å². The van der Waals surface area contributed by atoms with Gasteiger partial charge in [-0.25, -0.2) is 0 Å². The average molecular weight is 842 g/mol. The van der Waals surface area contributed by atoms with Gasteiger partial charge in [0.1, 0.15) is 11.2 Å². The number of nitrogens with zero attached hydrogens (tertiary/aromatic N) is 1. The second-order valence-electron chi connectivity index (χ2n) is 16.9. The predicted octanol–water partition coefficient (Wildman–Crippen LogP) is 18.2. The molecule has 310 valence electrons. The van der Waals surface area contributed by atoms with E-state index in [2.05, 4.69) is 254 Å². The van der Waals surface area contributed by atoms with Gasteiger partial charge >= 0.3 is 0 Å². The van der Waals surface area contributed by atoms with Crippen LogP contribution in [0.15, 0.2) is 265 Å². The van der Waals surface area contributed by atoms with Gasteiger partial charge in [-0.05, 0) is 144 Å². The van der Waals surface area contributed by atoms with Gasteiger partial charge in [0.05, 0.1) is 0 Å². The molecular weight excluding hydrogens is 799 g/mol. The van der Waals surface area contributed by atoms with Crippen molar-refractivity contribution in [1.29, 1.82) is 0 Å². The molecule has 1 heterocycles. The summed E-state index contributed by atoms with van der Waals surface area (Å²) < 4.78 is 6.13. The molecule has 0 saturated heterocycles.